The van der Waals surface area contributed by atoms with Crippen LogP contribution in [-0.4, -0.2) is 64.6 Å². The molecule has 2 aromatic heterocycles. The number of carbonyl (C=O) groups is 1. The number of methoxy groups -OCH3 is 1. The van der Waals surface area contributed by atoms with Gasteiger partial charge in [-0.3, -0.25) is 4.79 Å². The van der Waals surface area contributed by atoms with Gasteiger partial charge in [-0.2, -0.15) is 0 Å². The molecular weight excluding hydrogens is 593 g/mol. The second-order valence-electron chi connectivity index (χ2n) is 13.0. The maximum atomic E-state index is 14.2. The minimum atomic E-state index is -0.521. The number of likely N-dealkylation sites (tertiary alicyclic amines) is 2. The lowest BCUT2D eigenvalue weighted by molar-refractivity contribution is -0.137. The summed E-state index contributed by atoms with van der Waals surface area (Å²) in [6.45, 7) is 4.66. The summed E-state index contributed by atoms with van der Waals surface area (Å²) in [5.74, 6) is 1.60. The first kappa shape index (κ1) is 31.0. The number of nitrogens with zero attached hydrogens (tertiary/aromatic N) is 4. The monoisotopic (exact) mass is 635 g/mol. The maximum absolute atomic E-state index is 14.2. The van der Waals surface area contributed by atoms with Crippen molar-refractivity contribution in [3.8, 4) is 5.75 Å². The fourth-order valence-corrected chi connectivity index (χ4v) is 7.33. The molecule has 0 bridgehead atoms. The van der Waals surface area contributed by atoms with Crippen molar-refractivity contribution in [1.29, 1.82) is 0 Å². The van der Waals surface area contributed by atoms with Gasteiger partial charge in [-0.1, -0.05) is 42.5 Å². The number of benzene rings is 3. The molecule has 2 aliphatic rings. The number of rotatable bonds is 12. The van der Waals surface area contributed by atoms with Crippen molar-refractivity contribution in [3.05, 3.63) is 114 Å². The van der Waals surface area contributed by atoms with Crippen LogP contribution in [0.2, 0.25) is 0 Å². The summed E-state index contributed by atoms with van der Waals surface area (Å²) in [4.78, 5) is 23.6. The van der Waals surface area contributed by atoms with Crippen LogP contribution in [0.4, 0.5) is 10.3 Å². The van der Waals surface area contributed by atoms with Crippen molar-refractivity contribution >= 4 is 22.9 Å². The standard InChI is InChI=1S/C38H42FN5O3/c1-46-35-9-5-2-6-30(35)26-43-22-18-38(36(43)45,24-28-10-12-31(39)13-11-28)17-21-42-19-14-32(15-20-42)40-37-41-33-7-3-4-8-34(33)44(37)25-29-16-23-47-27-29/h2-13,16,23,27,32H,14-15,17-22,24-26H2,1H3,(H,40,41). The van der Waals surface area contributed by atoms with E-state index in [2.05, 4.69) is 26.9 Å². The van der Waals surface area contributed by atoms with E-state index in [0.29, 0.717) is 32.1 Å². The molecule has 1 unspecified atom stereocenters. The van der Waals surface area contributed by atoms with E-state index in [0.717, 1.165) is 84.7 Å². The molecule has 1 atom stereocenters. The third kappa shape index (κ3) is 6.76. The predicted octanol–water partition coefficient (Wildman–Crippen LogP) is 6.75. The Balaban J connectivity index is 1.01. The van der Waals surface area contributed by atoms with E-state index in [-0.39, 0.29) is 11.7 Å². The van der Waals surface area contributed by atoms with Gasteiger partial charge in [0.15, 0.2) is 0 Å². The number of hydrogen-bond acceptors (Lipinski definition) is 6. The molecule has 9 heteroatoms. The zero-order valence-electron chi connectivity index (χ0n) is 26.9. The lowest BCUT2D eigenvalue weighted by Gasteiger charge is -2.35. The Bertz CT molecular complexity index is 1800. The number of ether oxygens (including phenoxy) is 1. The van der Waals surface area contributed by atoms with Gasteiger partial charge in [0.05, 0.1) is 42.6 Å². The van der Waals surface area contributed by atoms with E-state index in [9.17, 15) is 9.18 Å². The molecule has 2 fully saturated rings. The Kier molecular flexibility index (Phi) is 8.98. The Morgan fingerprint density at radius 2 is 1.74 bits per heavy atom. The number of carbonyl (C=O) groups excluding carboxylic acids is 1. The molecular formula is C38H42FN5O3. The third-order valence-corrected chi connectivity index (χ3v) is 10.0. The van der Waals surface area contributed by atoms with Gasteiger partial charge < -0.3 is 28.8 Å². The summed E-state index contributed by atoms with van der Waals surface area (Å²) in [7, 11) is 1.67. The number of furan rings is 1. The van der Waals surface area contributed by atoms with Crippen LogP contribution in [0.3, 0.4) is 0 Å². The zero-order valence-corrected chi connectivity index (χ0v) is 26.9. The van der Waals surface area contributed by atoms with E-state index >= 15 is 0 Å². The average Bonchev–Trinajstić information content (AvgIpc) is 3.82. The fourth-order valence-electron chi connectivity index (χ4n) is 7.33. The highest BCUT2D eigenvalue weighted by atomic mass is 19.1. The van der Waals surface area contributed by atoms with Crippen LogP contribution in [0.25, 0.3) is 11.0 Å². The number of piperidine rings is 1. The quantitative estimate of drug-likeness (QED) is 0.163. The first-order valence-electron chi connectivity index (χ1n) is 16.6. The van der Waals surface area contributed by atoms with E-state index in [1.54, 1.807) is 19.6 Å². The molecule has 244 valence electrons. The molecule has 0 radical (unpaired) electrons. The van der Waals surface area contributed by atoms with Crippen molar-refractivity contribution in [1.82, 2.24) is 19.4 Å². The highest BCUT2D eigenvalue weighted by Gasteiger charge is 2.46. The first-order chi connectivity index (χ1) is 23.0. The molecule has 5 aromatic rings. The summed E-state index contributed by atoms with van der Waals surface area (Å²) in [6, 6.07) is 25.1. The van der Waals surface area contributed by atoms with Crippen LogP contribution in [0.5, 0.6) is 5.75 Å². The number of para-hydroxylation sites is 3. The van der Waals surface area contributed by atoms with Gasteiger partial charge in [0.1, 0.15) is 11.6 Å². The second kappa shape index (κ2) is 13.6. The molecule has 2 aliphatic heterocycles. The van der Waals surface area contributed by atoms with Crippen molar-refractivity contribution < 1.29 is 18.3 Å². The lowest BCUT2D eigenvalue weighted by Crippen LogP contribution is -2.43. The molecule has 0 spiro atoms. The van der Waals surface area contributed by atoms with Crippen molar-refractivity contribution in [2.75, 3.05) is 38.6 Å². The Labute approximate surface area is 275 Å². The Morgan fingerprint density at radius 1 is 0.957 bits per heavy atom. The largest absolute Gasteiger partial charge is 0.496 e. The van der Waals surface area contributed by atoms with E-state index < -0.39 is 5.41 Å². The van der Waals surface area contributed by atoms with Crippen LogP contribution in [0.15, 0.2) is 95.8 Å². The van der Waals surface area contributed by atoms with E-state index in [1.165, 1.54) is 12.1 Å². The highest BCUT2D eigenvalue weighted by Crippen LogP contribution is 2.40. The number of nitrogens with one attached hydrogen (secondary N) is 1. The number of fused-ring (bicyclic) bond motifs is 1. The van der Waals surface area contributed by atoms with Gasteiger partial charge >= 0.3 is 0 Å². The number of hydrogen-bond donors (Lipinski definition) is 1. The number of halogens is 1. The highest BCUT2D eigenvalue weighted by molar-refractivity contribution is 5.85. The number of imidazole rings is 1. The van der Waals surface area contributed by atoms with Crippen LogP contribution in [0.1, 0.15) is 42.4 Å². The third-order valence-electron chi connectivity index (χ3n) is 10.0. The number of amides is 1. The molecule has 47 heavy (non-hydrogen) atoms. The zero-order chi connectivity index (χ0) is 32.2. The summed E-state index contributed by atoms with van der Waals surface area (Å²) < 4.78 is 26.9. The smallest absolute Gasteiger partial charge is 0.229 e. The summed E-state index contributed by atoms with van der Waals surface area (Å²) >= 11 is 0. The van der Waals surface area contributed by atoms with Crippen LogP contribution < -0.4 is 10.1 Å². The summed E-state index contributed by atoms with van der Waals surface area (Å²) in [6.07, 6.45) is 7.64. The van der Waals surface area contributed by atoms with Crippen LogP contribution in [-0.2, 0) is 24.3 Å². The molecule has 4 heterocycles. The second-order valence-corrected chi connectivity index (χ2v) is 13.0. The number of anilines is 1. The van der Waals surface area contributed by atoms with Gasteiger partial charge in [0.2, 0.25) is 11.9 Å². The van der Waals surface area contributed by atoms with Gasteiger partial charge in [0, 0.05) is 43.3 Å². The SMILES string of the molecule is COc1ccccc1CN1CCC(CCN2CCC(Nc3nc4ccccc4n3Cc3ccoc3)CC2)(Cc2ccc(F)cc2)C1=O. The average molecular weight is 636 g/mol. The van der Waals surface area contributed by atoms with E-state index in [4.69, 9.17) is 14.1 Å². The minimum absolute atomic E-state index is 0.181. The molecule has 2 saturated heterocycles. The maximum Gasteiger partial charge on any atom is 0.229 e. The van der Waals surface area contributed by atoms with Gasteiger partial charge in [-0.25, -0.2) is 9.37 Å². The van der Waals surface area contributed by atoms with Crippen molar-refractivity contribution in [2.45, 2.75) is 51.2 Å². The minimum Gasteiger partial charge on any atom is -0.496 e. The Morgan fingerprint density at radius 3 is 2.53 bits per heavy atom. The summed E-state index contributed by atoms with van der Waals surface area (Å²) in [5, 5.41) is 3.75. The van der Waals surface area contributed by atoms with Gasteiger partial charge in [-0.05, 0) is 80.6 Å². The molecule has 7 rings (SSSR count). The predicted molar refractivity (Wildman–Crippen MR) is 181 cm³/mol. The molecule has 1 amide bonds. The van der Waals surface area contributed by atoms with Crippen LogP contribution >= 0.6 is 0 Å². The molecule has 8 nitrogen and oxygen atoms in total. The molecule has 3 aromatic carbocycles. The molecule has 1 N–H and O–H groups in total. The Hall–Kier alpha value is -4.63. The molecule has 0 saturated carbocycles. The summed E-state index contributed by atoms with van der Waals surface area (Å²) in [5.41, 5.74) is 4.66. The van der Waals surface area contributed by atoms with E-state index in [1.807, 2.05) is 59.5 Å². The molecule has 0 aliphatic carbocycles. The van der Waals surface area contributed by atoms with Crippen molar-refractivity contribution in [2.24, 2.45) is 5.41 Å². The lowest BCUT2D eigenvalue weighted by atomic mass is 9.77. The van der Waals surface area contributed by atoms with Gasteiger partial charge in [-0.15, -0.1) is 0 Å². The van der Waals surface area contributed by atoms with Crippen molar-refractivity contribution in [3.63, 3.8) is 0 Å². The fraction of sp³-hybridized carbons (Fsp3) is 0.368. The normalized spacial score (nSPS) is 19.1. The topological polar surface area (TPSA) is 75.8 Å². The first-order valence-corrected chi connectivity index (χ1v) is 16.6. The van der Waals surface area contributed by atoms with Crippen LogP contribution in [0, 0.1) is 11.2 Å². The van der Waals surface area contributed by atoms with Gasteiger partial charge in [0.25, 0.3) is 0 Å². The number of aromatic nitrogens is 2.